The minimum atomic E-state index is -3.60. The van der Waals surface area contributed by atoms with Crippen molar-refractivity contribution in [2.24, 2.45) is 0 Å². The molecule has 0 saturated carbocycles. The van der Waals surface area contributed by atoms with Crippen LogP contribution >= 0.6 is 0 Å². The Kier molecular flexibility index (Phi) is 7.39. The van der Waals surface area contributed by atoms with Crippen molar-refractivity contribution in [3.05, 3.63) is 53.6 Å². The van der Waals surface area contributed by atoms with Gasteiger partial charge in [-0.3, -0.25) is 4.79 Å². The maximum absolute atomic E-state index is 12.6. The van der Waals surface area contributed by atoms with Gasteiger partial charge in [0.15, 0.2) is 0 Å². The highest BCUT2D eigenvalue weighted by Crippen LogP contribution is 2.23. The number of carbonyl (C=O) groups excluding carboxylic acids is 1. The number of benzene rings is 2. The van der Waals surface area contributed by atoms with Gasteiger partial charge in [-0.15, -0.1) is 0 Å². The third-order valence-electron chi connectivity index (χ3n) is 5.53. The number of nitrogens with one attached hydrogen (secondary N) is 1. The van der Waals surface area contributed by atoms with Gasteiger partial charge in [0, 0.05) is 39.3 Å². The van der Waals surface area contributed by atoms with Crippen LogP contribution in [0.3, 0.4) is 0 Å². The number of carbonyl (C=O) groups is 1. The highest BCUT2D eigenvalue weighted by Gasteiger charge is 2.27. The number of anilines is 1. The van der Waals surface area contributed by atoms with Crippen LogP contribution in [0, 0.1) is 6.92 Å². The van der Waals surface area contributed by atoms with E-state index in [4.69, 9.17) is 0 Å². The molecule has 1 aliphatic rings. The number of rotatable bonds is 8. The van der Waals surface area contributed by atoms with Gasteiger partial charge in [-0.25, -0.2) is 21.1 Å². The van der Waals surface area contributed by atoms with Gasteiger partial charge in [-0.2, -0.15) is 4.31 Å². The van der Waals surface area contributed by atoms with E-state index in [0.29, 0.717) is 25.2 Å². The number of hydrogen-bond acceptors (Lipinski definition) is 5. The zero-order valence-corrected chi connectivity index (χ0v) is 20.2. The van der Waals surface area contributed by atoms with E-state index in [1.165, 1.54) is 30.5 Å². The largest absolute Gasteiger partial charge is 0.326 e. The van der Waals surface area contributed by atoms with Crippen LogP contribution in [0.1, 0.15) is 30.4 Å². The van der Waals surface area contributed by atoms with Crippen molar-refractivity contribution in [2.45, 2.75) is 42.4 Å². The standard InChI is InChI=1S/C22H29N3O5S2/c1-17-6-10-20(31(27,28)24(2)3)16-21(17)23-22(26)13-9-18-7-11-19(12-8-18)32(29,30)25-14-4-5-15-25/h6-8,10-12,16H,4-5,9,13-15H2,1-3H3,(H,23,26). The minimum Gasteiger partial charge on any atom is -0.326 e. The first-order chi connectivity index (χ1) is 15.0. The Morgan fingerprint density at radius 1 is 0.969 bits per heavy atom. The SMILES string of the molecule is Cc1ccc(S(=O)(=O)N(C)C)cc1NC(=O)CCc1ccc(S(=O)(=O)N2CCCC2)cc1. The molecule has 3 rings (SSSR count). The van der Waals surface area contributed by atoms with E-state index >= 15 is 0 Å². The lowest BCUT2D eigenvalue weighted by atomic mass is 10.1. The lowest BCUT2D eigenvalue weighted by molar-refractivity contribution is -0.116. The molecule has 0 spiro atoms. The Hall–Kier alpha value is -2.27. The number of hydrogen-bond donors (Lipinski definition) is 1. The molecule has 174 valence electrons. The second kappa shape index (κ2) is 9.70. The molecule has 0 atom stereocenters. The molecule has 1 heterocycles. The Morgan fingerprint density at radius 2 is 1.56 bits per heavy atom. The first-order valence-electron chi connectivity index (χ1n) is 10.4. The summed E-state index contributed by atoms with van der Waals surface area (Å²) < 4.78 is 52.5. The van der Waals surface area contributed by atoms with Crippen LogP contribution in [-0.2, 0) is 31.3 Å². The Bertz CT molecular complexity index is 1180. The Labute approximate surface area is 190 Å². The molecular weight excluding hydrogens is 450 g/mol. The summed E-state index contributed by atoms with van der Waals surface area (Å²) in [7, 11) is -4.15. The molecule has 32 heavy (non-hydrogen) atoms. The molecule has 0 aliphatic carbocycles. The van der Waals surface area contributed by atoms with E-state index in [1.807, 2.05) is 0 Å². The average Bonchev–Trinajstić information content (AvgIpc) is 3.30. The molecule has 10 heteroatoms. The fraction of sp³-hybridized carbons (Fsp3) is 0.409. The maximum atomic E-state index is 12.6. The first kappa shape index (κ1) is 24.4. The molecular formula is C22H29N3O5S2. The van der Waals surface area contributed by atoms with Gasteiger partial charge in [-0.05, 0) is 61.6 Å². The van der Waals surface area contributed by atoms with Gasteiger partial charge < -0.3 is 5.32 Å². The number of nitrogens with zero attached hydrogens (tertiary/aromatic N) is 2. The van der Waals surface area contributed by atoms with E-state index in [9.17, 15) is 21.6 Å². The molecule has 1 saturated heterocycles. The lowest BCUT2D eigenvalue weighted by Crippen LogP contribution is -2.27. The summed E-state index contributed by atoms with van der Waals surface area (Å²) in [5, 5.41) is 2.78. The van der Waals surface area contributed by atoms with E-state index in [-0.39, 0.29) is 22.1 Å². The Morgan fingerprint density at radius 3 is 2.16 bits per heavy atom. The van der Waals surface area contributed by atoms with Gasteiger partial charge in [0.2, 0.25) is 26.0 Å². The molecule has 2 aromatic rings. The van der Waals surface area contributed by atoms with Gasteiger partial charge in [0.05, 0.1) is 9.79 Å². The molecule has 0 unspecified atom stereocenters. The van der Waals surface area contributed by atoms with Crippen LogP contribution in [0.25, 0.3) is 0 Å². The van der Waals surface area contributed by atoms with Crippen LogP contribution in [0.4, 0.5) is 5.69 Å². The quantitative estimate of drug-likeness (QED) is 0.627. The zero-order valence-electron chi connectivity index (χ0n) is 18.5. The average molecular weight is 480 g/mol. The summed E-state index contributed by atoms with van der Waals surface area (Å²) in [5.41, 5.74) is 2.05. The lowest BCUT2D eigenvalue weighted by Gasteiger charge is -2.15. The summed E-state index contributed by atoms with van der Waals surface area (Å²) in [6.45, 7) is 2.91. The van der Waals surface area contributed by atoms with Crippen molar-refractivity contribution >= 4 is 31.6 Å². The third-order valence-corrected chi connectivity index (χ3v) is 9.25. The molecule has 0 bridgehead atoms. The molecule has 1 N–H and O–H groups in total. The van der Waals surface area contributed by atoms with Crippen LogP contribution in [0.5, 0.6) is 0 Å². The van der Waals surface area contributed by atoms with Crippen molar-refractivity contribution in [3.63, 3.8) is 0 Å². The van der Waals surface area contributed by atoms with Gasteiger partial charge >= 0.3 is 0 Å². The summed E-state index contributed by atoms with van der Waals surface area (Å²) in [6, 6.07) is 11.3. The van der Waals surface area contributed by atoms with E-state index in [1.54, 1.807) is 37.3 Å². The fourth-order valence-electron chi connectivity index (χ4n) is 3.48. The second-order valence-corrected chi connectivity index (χ2v) is 12.2. The second-order valence-electron chi connectivity index (χ2n) is 8.07. The number of amides is 1. The van der Waals surface area contributed by atoms with Crippen LogP contribution in [-0.4, -0.2) is 58.5 Å². The molecule has 1 fully saturated rings. The van der Waals surface area contributed by atoms with Gasteiger partial charge in [0.1, 0.15) is 0 Å². The van der Waals surface area contributed by atoms with Crippen molar-refractivity contribution in [3.8, 4) is 0 Å². The summed E-state index contributed by atoms with van der Waals surface area (Å²) in [4.78, 5) is 12.8. The highest BCUT2D eigenvalue weighted by atomic mass is 32.2. The van der Waals surface area contributed by atoms with Crippen LogP contribution in [0.15, 0.2) is 52.3 Å². The fourth-order valence-corrected chi connectivity index (χ4v) is 5.93. The molecule has 1 amide bonds. The van der Waals surface area contributed by atoms with Crippen molar-refractivity contribution in [1.82, 2.24) is 8.61 Å². The first-order valence-corrected chi connectivity index (χ1v) is 13.3. The molecule has 2 aromatic carbocycles. The monoisotopic (exact) mass is 479 g/mol. The van der Waals surface area contributed by atoms with E-state index < -0.39 is 20.0 Å². The Balaban J connectivity index is 1.63. The van der Waals surface area contributed by atoms with Crippen molar-refractivity contribution < 1.29 is 21.6 Å². The zero-order chi connectivity index (χ0) is 23.5. The number of sulfonamides is 2. The predicted molar refractivity (Wildman–Crippen MR) is 123 cm³/mol. The molecule has 0 aromatic heterocycles. The van der Waals surface area contributed by atoms with Gasteiger partial charge in [0.25, 0.3) is 0 Å². The highest BCUT2D eigenvalue weighted by molar-refractivity contribution is 7.89. The van der Waals surface area contributed by atoms with Crippen LogP contribution < -0.4 is 5.32 Å². The maximum Gasteiger partial charge on any atom is 0.243 e. The normalized spacial score (nSPS) is 15.2. The summed E-state index contributed by atoms with van der Waals surface area (Å²) in [6.07, 6.45) is 2.39. The van der Waals surface area contributed by atoms with Gasteiger partial charge in [-0.1, -0.05) is 18.2 Å². The topological polar surface area (TPSA) is 104 Å². The van der Waals surface area contributed by atoms with E-state index in [0.717, 1.165) is 28.3 Å². The van der Waals surface area contributed by atoms with E-state index in [2.05, 4.69) is 5.32 Å². The summed E-state index contributed by atoms with van der Waals surface area (Å²) in [5.74, 6) is -0.249. The van der Waals surface area contributed by atoms with Crippen LogP contribution in [0.2, 0.25) is 0 Å². The minimum absolute atomic E-state index is 0.109. The number of aryl methyl sites for hydroxylation is 2. The molecule has 0 radical (unpaired) electrons. The summed E-state index contributed by atoms with van der Waals surface area (Å²) >= 11 is 0. The predicted octanol–water partition coefficient (Wildman–Crippen LogP) is 2.60. The van der Waals surface area contributed by atoms with Crippen molar-refractivity contribution in [2.75, 3.05) is 32.5 Å². The molecule has 1 aliphatic heterocycles. The van der Waals surface area contributed by atoms with Crippen molar-refractivity contribution in [1.29, 1.82) is 0 Å². The smallest absolute Gasteiger partial charge is 0.243 e. The third kappa shape index (κ3) is 5.37. The molecule has 8 nitrogen and oxygen atoms in total.